The van der Waals surface area contributed by atoms with E-state index in [4.69, 9.17) is 11.6 Å². The summed E-state index contributed by atoms with van der Waals surface area (Å²) in [6, 6.07) is 3.97. The van der Waals surface area contributed by atoms with E-state index in [1.807, 2.05) is 6.92 Å². The third-order valence-electron chi connectivity index (χ3n) is 1.72. The highest BCUT2D eigenvalue weighted by Gasteiger charge is 2.10. The number of carbonyl (C=O) groups is 1. The van der Waals surface area contributed by atoms with Gasteiger partial charge in [0.05, 0.1) is 5.02 Å². The lowest BCUT2D eigenvalue weighted by Crippen LogP contribution is -2.05. The fraction of sp³-hybridized carbons (Fsp3) is 0.300. The molecule has 76 valence electrons. The van der Waals surface area contributed by atoms with Gasteiger partial charge in [-0.05, 0) is 18.2 Å². The van der Waals surface area contributed by atoms with Gasteiger partial charge in [-0.3, -0.25) is 4.79 Å². The quantitative estimate of drug-likeness (QED) is 0.625. The van der Waals surface area contributed by atoms with E-state index >= 15 is 0 Å². The van der Waals surface area contributed by atoms with Crippen molar-refractivity contribution in [2.75, 3.05) is 0 Å². The van der Waals surface area contributed by atoms with E-state index in [2.05, 4.69) is 12.6 Å². The number of thiol groups is 1. The Morgan fingerprint density at radius 1 is 1.64 bits per heavy atom. The van der Waals surface area contributed by atoms with Gasteiger partial charge in [0.1, 0.15) is 5.82 Å². The summed E-state index contributed by atoms with van der Waals surface area (Å²) in [5.41, 5.74) is 0.428. The van der Waals surface area contributed by atoms with Gasteiger partial charge in [0.15, 0.2) is 5.78 Å². The largest absolute Gasteiger partial charge is 0.294 e. The Bertz CT molecular complexity index is 352. The Balaban J connectivity index is 2.86. The lowest BCUT2D eigenvalue weighted by molar-refractivity contribution is 0.0983. The first-order valence-corrected chi connectivity index (χ1v) is 5.06. The second kappa shape index (κ2) is 4.80. The second-order valence-corrected chi connectivity index (χ2v) is 4.39. The van der Waals surface area contributed by atoms with Gasteiger partial charge >= 0.3 is 0 Å². The standard InChI is InChI=1S/C10H10ClFOS/c1-6(14)4-10(13)7-2-3-9(12)8(11)5-7/h2-3,5-6,14H,4H2,1H3. The molecule has 0 radical (unpaired) electrons. The Labute approximate surface area is 92.7 Å². The number of Topliss-reactive ketones (excluding diaryl/α,β-unsaturated/α-hetero) is 1. The van der Waals surface area contributed by atoms with E-state index in [1.54, 1.807) is 0 Å². The summed E-state index contributed by atoms with van der Waals surface area (Å²) in [6.45, 7) is 1.83. The molecule has 0 aliphatic rings. The number of hydrogen-bond acceptors (Lipinski definition) is 2. The molecule has 0 heterocycles. The highest BCUT2D eigenvalue weighted by atomic mass is 35.5. The van der Waals surface area contributed by atoms with Crippen molar-refractivity contribution in [3.8, 4) is 0 Å². The molecule has 1 nitrogen and oxygen atoms in total. The number of ketones is 1. The molecule has 0 saturated heterocycles. The van der Waals surface area contributed by atoms with Crippen molar-refractivity contribution in [1.29, 1.82) is 0 Å². The van der Waals surface area contributed by atoms with E-state index in [1.165, 1.54) is 18.2 Å². The molecule has 0 saturated carbocycles. The monoisotopic (exact) mass is 232 g/mol. The van der Waals surface area contributed by atoms with E-state index < -0.39 is 5.82 Å². The first-order valence-electron chi connectivity index (χ1n) is 4.17. The average molecular weight is 233 g/mol. The van der Waals surface area contributed by atoms with Crippen LogP contribution in [-0.2, 0) is 0 Å². The van der Waals surface area contributed by atoms with Crippen molar-refractivity contribution in [3.63, 3.8) is 0 Å². The molecule has 4 heteroatoms. The van der Waals surface area contributed by atoms with Gasteiger partial charge in [-0.25, -0.2) is 4.39 Å². The minimum absolute atomic E-state index is 0.00803. The minimum atomic E-state index is -0.512. The van der Waals surface area contributed by atoms with Crippen LogP contribution >= 0.6 is 24.2 Å². The zero-order chi connectivity index (χ0) is 10.7. The lowest BCUT2D eigenvalue weighted by Gasteiger charge is -2.03. The van der Waals surface area contributed by atoms with Gasteiger partial charge in [0, 0.05) is 17.2 Å². The summed E-state index contributed by atoms with van der Waals surface area (Å²) in [6.07, 6.45) is 0.324. The third kappa shape index (κ3) is 3.00. The summed E-state index contributed by atoms with van der Waals surface area (Å²) in [5.74, 6) is -0.587. The number of hydrogen-bond donors (Lipinski definition) is 1. The first-order chi connectivity index (χ1) is 6.50. The molecule has 14 heavy (non-hydrogen) atoms. The molecule has 0 spiro atoms. The predicted molar refractivity (Wildman–Crippen MR) is 58.8 cm³/mol. The fourth-order valence-corrected chi connectivity index (χ4v) is 1.40. The van der Waals surface area contributed by atoms with Crippen LogP contribution in [0.25, 0.3) is 0 Å². The summed E-state index contributed by atoms with van der Waals surface area (Å²) in [5, 5.41) is -0.0333. The molecule has 0 aromatic heterocycles. The van der Waals surface area contributed by atoms with Crippen molar-refractivity contribution < 1.29 is 9.18 Å². The summed E-state index contributed by atoms with van der Waals surface area (Å²) < 4.78 is 12.8. The Kier molecular flexibility index (Phi) is 3.96. The molecule has 1 aromatic carbocycles. The maximum Gasteiger partial charge on any atom is 0.164 e. The van der Waals surface area contributed by atoms with Crippen LogP contribution in [0.5, 0.6) is 0 Å². The Morgan fingerprint density at radius 2 is 2.29 bits per heavy atom. The second-order valence-electron chi connectivity index (χ2n) is 3.11. The van der Waals surface area contributed by atoms with Crippen LogP contribution in [0.4, 0.5) is 4.39 Å². The summed E-state index contributed by atoms with van der Waals surface area (Å²) in [4.78, 5) is 11.5. The lowest BCUT2D eigenvalue weighted by atomic mass is 10.1. The van der Waals surface area contributed by atoms with Crippen molar-refractivity contribution in [2.45, 2.75) is 18.6 Å². The van der Waals surface area contributed by atoms with E-state index in [0.29, 0.717) is 12.0 Å². The number of rotatable bonds is 3. The van der Waals surface area contributed by atoms with Crippen LogP contribution in [0.1, 0.15) is 23.7 Å². The van der Waals surface area contributed by atoms with Crippen molar-refractivity contribution in [2.24, 2.45) is 0 Å². The molecule has 1 unspecified atom stereocenters. The molecule has 0 aliphatic carbocycles. The smallest absolute Gasteiger partial charge is 0.164 e. The number of carbonyl (C=O) groups excluding carboxylic acids is 1. The van der Waals surface area contributed by atoms with Crippen molar-refractivity contribution in [1.82, 2.24) is 0 Å². The SMILES string of the molecule is CC(S)CC(=O)c1ccc(F)c(Cl)c1. The van der Waals surface area contributed by atoms with Crippen LogP contribution in [0.2, 0.25) is 5.02 Å². The average Bonchev–Trinajstić information content (AvgIpc) is 2.08. The Morgan fingerprint density at radius 3 is 2.79 bits per heavy atom. The maximum atomic E-state index is 12.8. The van der Waals surface area contributed by atoms with E-state index in [-0.39, 0.29) is 16.1 Å². The van der Waals surface area contributed by atoms with Gasteiger partial charge in [-0.15, -0.1) is 0 Å². The molecule has 0 bridgehead atoms. The van der Waals surface area contributed by atoms with Crippen LogP contribution < -0.4 is 0 Å². The van der Waals surface area contributed by atoms with E-state index in [0.717, 1.165) is 0 Å². The highest BCUT2D eigenvalue weighted by Crippen LogP contribution is 2.18. The Hall–Kier alpha value is -0.540. The van der Waals surface area contributed by atoms with Crippen LogP contribution in [-0.4, -0.2) is 11.0 Å². The molecule has 1 aromatic rings. The van der Waals surface area contributed by atoms with Crippen LogP contribution in [0, 0.1) is 5.82 Å². The fourth-order valence-electron chi connectivity index (χ4n) is 1.06. The van der Waals surface area contributed by atoms with Crippen LogP contribution in [0.15, 0.2) is 18.2 Å². The number of halogens is 2. The summed E-state index contributed by atoms with van der Waals surface area (Å²) >= 11 is 9.65. The molecular weight excluding hydrogens is 223 g/mol. The molecule has 0 N–H and O–H groups in total. The third-order valence-corrected chi connectivity index (χ3v) is 2.19. The zero-order valence-corrected chi connectivity index (χ0v) is 9.28. The van der Waals surface area contributed by atoms with Gasteiger partial charge in [0.2, 0.25) is 0 Å². The van der Waals surface area contributed by atoms with Crippen molar-refractivity contribution >= 4 is 30.0 Å². The van der Waals surface area contributed by atoms with Crippen molar-refractivity contribution in [3.05, 3.63) is 34.6 Å². The van der Waals surface area contributed by atoms with Gasteiger partial charge < -0.3 is 0 Å². The number of benzene rings is 1. The molecule has 1 rings (SSSR count). The minimum Gasteiger partial charge on any atom is -0.294 e. The zero-order valence-electron chi connectivity index (χ0n) is 7.63. The predicted octanol–water partition coefficient (Wildman–Crippen LogP) is 3.37. The molecule has 1 atom stereocenters. The maximum absolute atomic E-state index is 12.8. The normalized spacial score (nSPS) is 12.6. The topological polar surface area (TPSA) is 17.1 Å². The molecule has 0 aliphatic heterocycles. The highest BCUT2D eigenvalue weighted by molar-refractivity contribution is 7.80. The van der Waals surface area contributed by atoms with Gasteiger partial charge in [-0.2, -0.15) is 12.6 Å². The van der Waals surface area contributed by atoms with Crippen LogP contribution in [0.3, 0.4) is 0 Å². The van der Waals surface area contributed by atoms with Gasteiger partial charge in [-0.1, -0.05) is 18.5 Å². The molecule has 0 amide bonds. The van der Waals surface area contributed by atoms with Gasteiger partial charge in [0.25, 0.3) is 0 Å². The molecular formula is C10H10ClFOS. The summed E-state index contributed by atoms with van der Waals surface area (Å²) in [7, 11) is 0. The van der Waals surface area contributed by atoms with E-state index in [9.17, 15) is 9.18 Å². The molecule has 0 fully saturated rings. The first kappa shape index (κ1) is 11.5.